The van der Waals surface area contributed by atoms with Crippen molar-refractivity contribution in [1.29, 1.82) is 0 Å². The van der Waals surface area contributed by atoms with Gasteiger partial charge in [-0.25, -0.2) is 0 Å². The molecule has 28 heavy (non-hydrogen) atoms. The Bertz CT molecular complexity index is 924. The normalized spacial score (nSPS) is 17.9. The summed E-state index contributed by atoms with van der Waals surface area (Å²) in [6.07, 6.45) is -2.51. The largest absolute Gasteiger partial charge is 0.416 e. The van der Waals surface area contributed by atoms with Crippen molar-refractivity contribution in [2.24, 2.45) is 0 Å². The van der Waals surface area contributed by atoms with Crippen LogP contribution >= 0.6 is 0 Å². The third kappa shape index (κ3) is 4.25. The van der Waals surface area contributed by atoms with Gasteiger partial charge in [-0.1, -0.05) is 47.6 Å². The zero-order valence-electron chi connectivity index (χ0n) is 15.2. The molecule has 0 radical (unpaired) electrons. The topological polar surface area (TPSA) is 42.2 Å². The second kappa shape index (κ2) is 7.75. The van der Waals surface area contributed by atoms with Crippen LogP contribution < -0.4 is 0 Å². The Balaban J connectivity index is 1.40. The molecule has 1 fully saturated rings. The summed E-state index contributed by atoms with van der Waals surface area (Å²) in [4.78, 5) is 6.72. The van der Waals surface area contributed by atoms with Crippen molar-refractivity contribution in [1.82, 2.24) is 15.0 Å². The lowest BCUT2D eigenvalue weighted by molar-refractivity contribution is -0.137. The lowest BCUT2D eigenvalue weighted by Crippen LogP contribution is -2.23. The fourth-order valence-corrected chi connectivity index (χ4v) is 3.52. The Morgan fingerprint density at radius 3 is 2.68 bits per heavy atom. The number of hydrogen-bond donors (Lipinski definition) is 0. The number of likely N-dealkylation sites (tertiary alicyclic amines) is 1. The summed E-state index contributed by atoms with van der Waals surface area (Å²) in [6.45, 7) is 2.71. The van der Waals surface area contributed by atoms with Crippen LogP contribution in [-0.4, -0.2) is 34.7 Å². The molecule has 1 atom stereocenters. The molecule has 0 bridgehead atoms. The van der Waals surface area contributed by atoms with Gasteiger partial charge in [0, 0.05) is 18.7 Å². The van der Waals surface area contributed by atoms with Gasteiger partial charge in [0.2, 0.25) is 11.7 Å². The summed E-state index contributed by atoms with van der Waals surface area (Å²) in [6, 6.07) is 15.3. The van der Waals surface area contributed by atoms with Crippen LogP contribution in [0.4, 0.5) is 13.2 Å². The van der Waals surface area contributed by atoms with Gasteiger partial charge in [0.05, 0.1) is 11.5 Å². The van der Waals surface area contributed by atoms with Crippen LogP contribution in [0.2, 0.25) is 0 Å². The van der Waals surface area contributed by atoms with Gasteiger partial charge in [-0.3, -0.25) is 0 Å². The number of nitrogens with zero attached hydrogens (tertiary/aromatic N) is 3. The van der Waals surface area contributed by atoms with Crippen molar-refractivity contribution in [2.75, 3.05) is 19.6 Å². The molecule has 0 aliphatic carbocycles. The monoisotopic (exact) mass is 387 g/mol. The zero-order valence-corrected chi connectivity index (χ0v) is 15.2. The Hall–Kier alpha value is -2.67. The fourth-order valence-electron chi connectivity index (χ4n) is 3.52. The minimum Gasteiger partial charge on any atom is -0.339 e. The van der Waals surface area contributed by atoms with Crippen LogP contribution in [0.15, 0.2) is 59.1 Å². The van der Waals surface area contributed by atoms with Crippen LogP contribution in [0, 0.1) is 0 Å². The quantitative estimate of drug-likeness (QED) is 0.631. The predicted molar refractivity (Wildman–Crippen MR) is 98.7 cm³/mol. The zero-order chi connectivity index (χ0) is 19.6. The van der Waals surface area contributed by atoms with Crippen molar-refractivity contribution in [3.8, 4) is 11.4 Å². The second-order valence-electron chi connectivity index (χ2n) is 7.06. The van der Waals surface area contributed by atoms with Gasteiger partial charge >= 0.3 is 6.18 Å². The maximum atomic E-state index is 12.9. The average Bonchev–Trinajstić information content (AvgIpc) is 3.36. The molecule has 4 rings (SSSR count). The number of halogens is 3. The molecule has 1 aliphatic rings. The molecule has 2 aromatic carbocycles. The highest BCUT2D eigenvalue weighted by Crippen LogP contribution is 2.32. The molecule has 0 amide bonds. The maximum Gasteiger partial charge on any atom is 0.416 e. The van der Waals surface area contributed by atoms with E-state index in [-0.39, 0.29) is 11.7 Å². The highest BCUT2D eigenvalue weighted by molar-refractivity contribution is 5.55. The van der Waals surface area contributed by atoms with Crippen molar-refractivity contribution in [3.05, 3.63) is 71.6 Å². The van der Waals surface area contributed by atoms with E-state index in [1.54, 1.807) is 6.07 Å². The highest BCUT2D eigenvalue weighted by atomic mass is 19.4. The van der Waals surface area contributed by atoms with E-state index in [4.69, 9.17) is 4.52 Å². The van der Waals surface area contributed by atoms with Crippen molar-refractivity contribution < 1.29 is 17.7 Å². The minimum atomic E-state index is -4.40. The number of alkyl halides is 3. The fraction of sp³-hybridized carbons (Fsp3) is 0.333. The first-order chi connectivity index (χ1) is 13.5. The highest BCUT2D eigenvalue weighted by Gasteiger charge is 2.31. The van der Waals surface area contributed by atoms with Gasteiger partial charge in [-0.2, -0.15) is 18.2 Å². The first-order valence-electron chi connectivity index (χ1n) is 9.26. The Kier molecular flexibility index (Phi) is 5.17. The van der Waals surface area contributed by atoms with E-state index < -0.39 is 11.7 Å². The number of rotatable bonds is 5. The van der Waals surface area contributed by atoms with E-state index in [2.05, 4.69) is 27.2 Å². The number of benzene rings is 2. The number of aromatic nitrogens is 2. The molecule has 0 N–H and O–H groups in total. The summed E-state index contributed by atoms with van der Waals surface area (Å²) < 4.78 is 44.1. The maximum absolute atomic E-state index is 12.9. The van der Waals surface area contributed by atoms with Crippen LogP contribution in [-0.2, 0) is 12.6 Å². The summed E-state index contributed by atoms with van der Waals surface area (Å²) in [7, 11) is 0. The SMILES string of the molecule is FC(F)(F)c1cccc(-c2noc([C@H]3CCN(CCc4ccccc4)C3)n2)c1. The lowest BCUT2D eigenvalue weighted by Gasteiger charge is -2.14. The van der Waals surface area contributed by atoms with Gasteiger partial charge in [-0.05, 0) is 37.1 Å². The van der Waals surface area contributed by atoms with E-state index in [1.807, 2.05) is 18.2 Å². The first-order valence-corrected chi connectivity index (χ1v) is 9.26. The molecule has 0 saturated carbocycles. The summed E-state index contributed by atoms with van der Waals surface area (Å²) in [5.41, 5.74) is 0.892. The van der Waals surface area contributed by atoms with Crippen LogP contribution in [0.3, 0.4) is 0 Å². The van der Waals surface area contributed by atoms with Crippen LogP contribution in [0.1, 0.15) is 29.4 Å². The van der Waals surface area contributed by atoms with E-state index in [1.165, 1.54) is 11.6 Å². The van der Waals surface area contributed by atoms with Gasteiger partial charge in [0.1, 0.15) is 0 Å². The third-order valence-electron chi connectivity index (χ3n) is 5.07. The molecule has 4 nitrogen and oxygen atoms in total. The molecule has 0 unspecified atom stereocenters. The van der Waals surface area contributed by atoms with Gasteiger partial charge < -0.3 is 9.42 Å². The molecule has 0 spiro atoms. The molecular formula is C21H20F3N3O. The Morgan fingerprint density at radius 1 is 1.07 bits per heavy atom. The van der Waals surface area contributed by atoms with E-state index in [9.17, 15) is 13.2 Å². The van der Waals surface area contributed by atoms with Gasteiger partial charge in [-0.15, -0.1) is 0 Å². The van der Waals surface area contributed by atoms with E-state index >= 15 is 0 Å². The van der Waals surface area contributed by atoms with E-state index in [0.717, 1.165) is 44.6 Å². The molecular weight excluding hydrogens is 367 g/mol. The molecule has 3 aromatic rings. The molecule has 1 aromatic heterocycles. The van der Waals surface area contributed by atoms with Gasteiger partial charge in [0.25, 0.3) is 0 Å². The summed E-state index contributed by atoms with van der Waals surface area (Å²) in [5, 5.41) is 3.90. The smallest absolute Gasteiger partial charge is 0.339 e. The van der Waals surface area contributed by atoms with E-state index in [0.29, 0.717) is 11.5 Å². The lowest BCUT2D eigenvalue weighted by atomic mass is 10.1. The Labute approximate surface area is 161 Å². The van der Waals surface area contributed by atoms with Crippen molar-refractivity contribution >= 4 is 0 Å². The van der Waals surface area contributed by atoms with Crippen LogP contribution in [0.5, 0.6) is 0 Å². The molecule has 1 saturated heterocycles. The third-order valence-corrected chi connectivity index (χ3v) is 5.07. The van der Waals surface area contributed by atoms with Crippen molar-refractivity contribution in [2.45, 2.75) is 24.9 Å². The molecule has 7 heteroatoms. The van der Waals surface area contributed by atoms with Crippen molar-refractivity contribution in [3.63, 3.8) is 0 Å². The minimum absolute atomic E-state index is 0.114. The molecule has 1 aliphatic heterocycles. The molecule has 2 heterocycles. The second-order valence-corrected chi connectivity index (χ2v) is 7.06. The standard InChI is InChI=1S/C21H20F3N3O/c22-21(23,24)18-8-4-7-16(13-18)19-25-20(28-26-19)17-10-12-27(14-17)11-9-15-5-2-1-3-6-15/h1-8,13,17H,9-12,14H2/t17-/m0/s1. The van der Waals surface area contributed by atoms with Crippen LogP contribution in [0.25, 0.3) is 11.4 Å². The first kappa shape index (κ1) is 18.7. The number of hydrogen-bond acceptors (Lipinski definition) is 4. The summed E-state index contributed by atoms with van der Waals surface area (Å²) >= 11 is 0. The predicted octanol–water partition coefficient (Wildman–Crippen LogP) is 4.79. The molecule has 146 valence electrons. The summed E-state index contributed by atoms with van der Waals surface area (Å²) in [5.74, 6) is 0.807. The Morgan fingerprint density at radius 2 is 1.89 bits per heavy atom. The van der Waals surface area contributed by atoms with Gasteiger partial charge in [0.15, 0.2) is 0 Å². The average molecular weight is 387 g/mol.